The summed E-state index contributed by atoms with van der Waals surface area (Å²) in [6.45, 7) is 4.93. The van der Waals surface area contributed by atoms with Gasteiger partial charge in [0, 0.05) is 12.8 Å². The minimum Gasteiger partial charge on any atom is -0.466 e. The third-order valence-electron chi connectivity index (χ3n) is 19.7. The van der Waals surface area contributed by atoms with E-state index in [1.54, 1.807) is 6.08 Å². The molecule has 6 nitrogen and oxygen atoms in total. The molecule has 0 heterocycles. The number of carbonyl (C=O) groups is 2. The van der Waals surface area contributed by atoms with Crippen molar-refractivity contribution in [3.8, 4) is 0 Å². The highest BCUT2D eigenvalue weighted by Crippen LogP contribution is 2.20. The molecule has 0 aliphatic heterocycles. The molecule has 0 aliphatic carbocycles. The molecule has 3 N–H and O–H groups in total. The molecule has 0 bridgehead atoms. The van der Waals surface area contributed by atoms with Crippen LogP contribution in [0.3, 0.4) is 0 Å². The highest BCUT2D eigenvalue weighted by molar-refractivity contribution is 5.76. The third kappa shape index (κ3) is 77.0. The third-order valence-corrected chi connectivity index (χ3v) is 19.7. The van der Waals surface area contributed by atoms with Gasteiger partial charge in [0.2, 0.25) is 5.91 Å². The van der Waals surface area contributed by atoms with Gasteiger partial charge in [0.1, 0.15) is 0 Å². The van der Waals surface area contributed by atoms with Crippen LogP contribution in [0.25, 0.3) is 0 Å². The number of carbonyl (C=O) groups excluding carboxylic acids is 2. The number of nitrogens with one attached hydrogen (secondary N) is 1. The number of hydrogen-bond donors (Lipinski definition) is 3. The molecule has 2 atom stereocenters. The summed E-state index contributed by atoms with van der Waals surface area (Å²) in [4.78, 5) is 24.6. The van der Waals surface area contributed by atoms with Crippen LogP contribution in [-0.2, 0) is 14.3 Å². The van der Waals surface area contributed by atoms with Gasteiger partial charge in [-0.1, -0.05) is 429 Å². The zero-order chi connectivity index (χ0) is 65.6. The maximum Gasteiger partial charge on any atom is 0.305 e. The first-order chi connectivity index (χ1) is 45.0. The molecule has 0 radical (unpaired) electrons. The van der Waals surface area contributed by atoms with Crippen LogP contribution >= 0.6 is 0 Å². The number of rotatable bonds is 79. The van der Waals surface area contributed by atoms with Crippen LogP contribution in [0.2, 0.25) is 0 Å². The fraction of sp³-hybridized carbons (Fsp3) is 0.906. The lowest BCUT2D eigenvalue weighted by molar-refractivity contribution is -0.143. The lowest BCUT2D eigenvalue weighted by Crippen LogP contribution is -2.45. The van der Waals surface area contributed by atoms with Crippen molar-refractivity contribution in [2.45, 2.75) is 482 Å². The number of aliphatic hydroxyl groups is 2. The number of aliphatic hydroxyl groups excluding tert-OH is 2. The molecule has 2 unspecified atom stereocenters. The van der Waals surface area contributed by atoms with Gasteiger partial charge < -0.3 is 20.3 Å². The Balaban J connectivity index is 3.33. The SMILES string of the molecule is CCCCCC/C=C\C/C=C\CCCCCCCC(=O)OCCCCCCCCCCCCCCCCCCCCCCCCCCCCCCCCCCCCCCCC(=O)NC(CO)C(O)/C=C/CCCCCCCCCCCCCCCCCCCCC. The monoisotopic (exact) mass is 1280 g/mol. The van der Waals surface area contributed by atoms with Crippen LogP contribution < -0.4 is 5.32 Å². The van der Waals surface area contributed by atoms with Crippen molar-refractivity contribution in [3.05, 3.63) is 36.5 Å². The second kappa shape index (κ2) is 80.5. The molecule has 91 heavy (non-hydrogen) atoms. The molecule has 1 amide bonds. The predicted octanol–water partition coefficient (Wildman–Crippen LogP) is 27.8. The van der Waals surface area contributed by atoms with Gasteiger partial charge in [-0.3, -0.25) is 9.59 Å². The molecule has 0 aromatic rings. The molecule has 0 saturated carbocycles. The van der Waals surface area contributed by atoms with Crippen LogP contribution in [-0.4, -0.2) is 47.4 Å². The maximum absolute atomic E-state index is 12.5. The van der Waals surface area contributed by atoms with Gasteiger partial charge in [-0.15, -0.1) is 0 Å². The average molecular weight is 1280 g/mol. The van der Waals surface area contributed by atoms with Crippen molar-refractivity contribution in [1.29, 1.82) is 0 Å². The van der Waals surface area contributed by atoms with Crippen molar-refractivity contribution >= 4 is 11.9 Å². The van der Waals surface area contributed by atoms with Gasteiger partial charge in [-0.2, -0.15) is 0 Å². The van der Waals surface area contributed by atoms with Crippen LogP contribution in [0, 0.1) is 0 Å². The first kappa shape index (κ1) is 89.1. The summed E-state index contributed by atoms with van der Waals surface area (Å²) in [5.41, 5.74) is 0. The van der Waals surface area contributed by atoms with Gasteiger partial charge in [0.25, 0.3) is 0 Å². The summed E-state index contributed by atoms with van der Waals surface area (Å²) in [7, 11) is 0. The largest absolute Gasteiger partial charge is 0.466 e. The second-order valence-electron chi connectivity index (χ2n) is 28.8. The van der Waals surface area contributed by atoms with Crippen LogP contribution in [0.1, 0.15) is 470 Å². The Labute approximate surface area is 570 Å². The standard InChI is InChI=1S/C85H163NO5/c1-3-5-7-9-11-13-15-17-19-21-22-40-43-46-49-53-57-61-65-69-73-77-83(88)82(81-87)86-84(89)78-74-70-66-62-58-54-50-47-44-41-38-36-34-32-30-28-26-24-23-25-27-29-31-33-35-37-39-42-45-48-52-56-60-64-68-72-76-80-91-85(90)79-75-71-67-63-59-55-51-20-18-16-14-12-10-8-6-4-2/h14,16,20,51,73,77,82-83,87-88H,3-13,15,17-19,21-50,52-72,74-76,78-81H2,1-2H3,(H,86,89)/b16-14-,51-20-,77-73+. The zero-order valence-electron chi connectivity index (χ0n) is 61.9. The highest BCUT2D eigenvalue weighted by atomic mass is 16.5. The van der Waals surface area contributed by atoms with Crippen LogP contribution in [0.4, 0.5) is 0 Å². The Morgan fingerprint density at radius 2 is 0.549 bits per heavy atom. The molecule has 0 aliphatic rings. The van der Waals surface area contributed by atoms with Crippen molar-refractivity contribution in [3.63, 3.8) is 0 Å². The first-order valence-corrected chi connectivity index (χ1v) is 41.8. The van der Waals surface area contributed by atoms with E-state index < -0.39 is 12.1 Å². The van der Waals surface area contributed by atoms with Gasteiger partial charge in [-0.05, 0) is 64.2 Å². The number of amides is 1. The smallest absolute Gasteiger partial charge is 0.305 e. The van der Waals surface area contributed by atoms with E-state index >= 15 is 0 Å². The van der Waals surface area contributed by atoms with Crippen molar-refractivity contribution in [1.82, 2.24) is 5.32 Å². The number of esters is 1. The Morgan fingerprint density at radius 3 is 0.846 bits per heavy atom. The first-order valence-electron chi connectivity index (χ1n) is 41.8. The van der Waals surface area contributed by atoms with E-state index in [1.165, 1.54) is 392 Å². The molecular formula is C85H163NO5. The average Bonchev–Trinajstić information content (AvgIpc) is 3.66. The number of unbranched alkanes of at least 4 members (excludes halogenated alkanes) is 64. The molecule has 0 aromatic carbocycles. The van der Waals surface area contributed by atoms with E-state index in [1.807, 2.05) is 6.08 Å². The summed E-state index contributed by atoms with van der Waals surface area (Å²) in [6, 6.07) is -0.625. The lowest BCUT2D eigenvalue weighted by Gasteiger charge is -2.20. The van der Waals surface area contributed by atoms with Gasteiger partial charge in [-0.25, -0.2) is 0 Å². The number of allylic oxidation sites excluding steroid dienone is 5. The Hall–Kier alpha value is -1.92. The Morgan fingerprint density at radius 1 is 0.308 bits per heavy atom. The molecule has 0 spiro atoms. The predicted molar refractivity (Wildman–Crippen MR) is 403 cm³/mol. The Kier molecular flexibility index (Phi) is 78.8. The van der Waals surface area contributed by atoms with Crippen LogP contribution in [0.5, 0.6) is 0 Å². The van der Waals surface area contributed by atoms with Crippen LogP contribution in [0.15, 0.2) is 36.5 Å². The second-order valence-corrected chi connectivity index (χ2v) is 28.8. The zero-order valence-corrected chi connectivity index (χ0v) is 61.9. The summed E-state index contributed by atoms with van der Waals surface area (Å²) >= 11 is 0. The number of hydrogen-bond acceptors (Lipinski definition) is 5. The van der Waals surface area contributed by atoms with E-state index in [9.17, 15) is 19.8 Å². The summed E-state index contributed by atoms with van der Waals surface area (Å²) in [5, 5.41) is 23.3. The molecular weight excluding hydrogens is 1110 g/mol. The molecule has 0 saturated heterocycles. The molecule has 0 fully saturated rings. The quantitative estimate of drug-likeness (QED) is 0.0320. The molecule has 0 aromatic heterocycles. The fourth-order valence-electron chi connectivity index (χ4n) is 13.3. The maximum atomic E-state index is 12.5. The van der Waals surface area contributed by atoms with Crippen molar-refractivity contribution in [2.24, 2.45) is 0 Å². The minimum atomic E-state index is -0.842. The van der Waals surface area contributed by atoms with Gasteiger partial charge in [0.05, 0.1) is 25.4 Å². The fourth-order valence-corrected chi connectivity index (χ4v) is 13.3. The normalized spacial score (nSPS) is 12.6. The van der Waals surface area contributed by atoms with E-state index in [2.05, 4.69) is 43.5 Å². The minimum absolute atomic E-state index is 0.0104. The molecule has 538 valence electrons. The highest BCUT2D eigenvalue weighted by Gasteiger charge is 2.18. The Bertz CT molecular complexity index is 1470. The summed E-state index contributed by atoms with van der Waals surface area (Å²) in [5.74, 6) is -0.0470. The van der Waals surface area contributed by atoms with Crippen molar-refractivity contribution in [2.75, 3.05) is 13.2 Å². The molecule has 6 heteroatoms. The van der Waals surface area contributed by atoms with E-state index in [-0.39, 0.29) is 18.5 Å². The van der Waals surface area contributed by atoms with Gasteiger partial charge >= 0.3 is 5.97 Å². The lowest BCUT2D eigenvalue weighted by atomic mass is 10.0. The molecule has 0 rings (SSSR count). The van der Waals surface area contributed by atoms with Gasteiger partial charge in [0.15, 0.2) is 0 Å². The summed E-state index contributed by atoms with van der Waals surface area (Å²) in [6.07, 6.45) is 106. The van der Waals surface area contributed by atoms with Crippen molar-refractivity contribution < 1.29 is 24.5 Å². The van der Waals surface area contributed by atoms with E-state index in [4.69, 9.17) is 4.74 Å². The van der Waals surface area contributed by atoms with E-state index in [0.717, 1.165) is 51.4 Å². The summed E-state index contributed by atoms with van der Waals surface area (Å²) < 4.78 is 5.50. The number of ether oxygens (including phenoxy) is 1. The topological polar surface area (TPSA) is 95.9 Å². The van der Waals surface area contributed by atoms with E-state index in [0.29, 0.717) is 19.4 Å².